The van der Waals surface area contributed by atoms with E-state index in [4.69, 9.17) is 10.5 Å². The average molecular weight is 284 g/mol. The molecule has 0 spiro atoms. The second-order valence-electron chi connectivity index (χ2n) is 5.29. The molecule has 21 heavy (non-hydrogen) atoms. The van der Waals surface area contributed by atoms with Gasteiger partial charge in [-0.1, -0.05) is 12.1 Å². The first-order valence-electron chi connectivity index (χ1n) is 7.24. The summed E-state index contributed by atoms with van der Waals surface area (Å²) in [4.78, 5) is 11.3. The Bertz CT molecular complexity index is 591. The van der Waals surface area contributed by atoms with Gasteiger partial charge in [0.2, 0.25) is 0 Å². The van der Waals surface area contributed by atoms with Crippen LogP contribution in [0.3, 0.4) is 0 Å². The van der Waals surface area contributed by atoms with Gasteiger partial charge in [-0.25, -0.2) is 9.97 Å². The maximum Gasteiger partial charge on any atom is 0.163 e. The largest absolute Gasteiger partial charge is 0.496 e. The smallest absolute Gasteiger partial charge is 0.163 e. The van der Waals surface area contributed by atoms with Crippen molar-refractivity contribution >= 4 is 5.69 Å². The zero-order chi connectivity index (χ0) is 14.7. The number of para-hydroxylation sites is 1. The summed E-state index contributed by atoms with van der Waals surface area (Å²) in [5.41, 5.74) is 7.90. The van der Waals surface area contributed by atoms with Crippen LogP contribution in [0.25, 0.3) is 11.4 Å². The normalized spacial score (nSPS) is 16.0. The van der Waals surface area contributed by atoms with E-state index in [1.54, 1.807) is 7.11 Å². The summed E-state index contributed by atoms with van der Waals surface area (Å²) in [7, 11) is 1.66. The van der Waals surface area contributed by atoms with Gasteiger partial charge in [0.1, 0.15) is 5.75 Å². The van der Waals surface area contributed by atoms with Gasteiger partial charge in [-0.3, -0.25) is 0 Å². The van der Waals surface area contributed by atoms with Crippen molar-refractivity contribution in [2.24, 2.45) is 5.73 Å². The van der Waals surface area contributed by atoms with E-state index in [1.807, 2.05) is 36.7 Å². The Morgan fingerprint density at radius 2 is 1.81 bits per heavy atom. The predicted molar refractivity (Wildman–Crippen MR) is 83.4 cm³/mol. The fourth-order valence-corrected chi connectivity index (χ4v) is 2.61. The van der Waals surface area contributed by atoms with E-state index in [0.29, 0.717) is 11.9 Å². The molecule has 0 amide bonds. The van der Waals surface area contributed by atoms with Gasteiger partial charge in [0.25, 0.3) is 0 Å². The molecule has 1 aromatic heterocycles. The summed E-state index contributed by atoms with van der Waals surface area (Å²) in [6.45, 7) is 1.94. The lowest BCUT2D eigenvalue weighted by atomic mass is 10.1. The maximum absolute atomic E-state index is 5.94. The van der Waals surface area contributed by atoms with Crippen LogP contribution in [-0.2, 0) is 0 Å². The molecule has 0 saturated carbocycles. The summed E-state index contributed by atoms with van der Waals surface area (Å²) >= 11 is 0. The lowest BCUT2D eigenvalue weighted by Crippen LogP contribution is -2.39. The molecule has 1 aliphatic heterocycles. The van der Waals surface area contributed by atoms with Crippen molar-refractivity contribution in [2.45, 2.75) is 18.9 Å². The molecule has 2 heterocycles. The molecule has 0 bridgehead atoms. The van der Waals surface area contributed by atoms with Gasteiger partial charge in [0.15, 0.2) is 5.82 Å². The molecule has 0 atom stereocenters. The van der Waals surface area contributed by atoms with Gasteiger partial charge < -0.3 is 15.4 Å². The first kappa shape index (κ1) is 13.8. The minimum atomic E-state index is 0.329. The van der Waals surface area contributed by atoms with Crippen LogP contribution in [0.4, 0.5) is 5.69 Å². The molecule has 3 rings (SSSR count). The van der Waals surface area contributed by atoms with E-state index in [1.165, 1.54) is 0 Å². The van der Waals surface area contributed by atoms with Crippen molar-refractivity contribution in [3.05, 3.63) is 36.7 Å². The van der Waals surface area contributed by atoms with Gasteiger partial charge in [-0.05, 0) is 25.0 Å². The van der Waals surface area contributed by atoms with Crippen molar-refractivity contribution in [2.75, 3.05) is 25.1 Å². The molecule has 110 valence electrons. The summed E-state index contributed by atoms with van der Waals surface area (Å²) in [5.74, 6) is 1.47. The summed E-state index contributed by atoms with van der Waals surface area (Å²) in [6, 6.07) is 8.11. The molecule has 0 unspecified atom stereocenters. The quantitative estimate of drug-likeness (QED) is 0.935. The molecule has 1 aliphatic rings. The highest BCUT2D eigenvalue weighted by molar-refractivity contribution is 5.64. The third-order valence-electron chi connectivity index (χ3n) is 3.89. The Balaban J connectivity index is 1.81. The van der Waals surface area contributed by atoms with E-state index in [0.717, 1.165) is 42.9 Å². The van der Waals surface area contributed by atoms with Crippen LogP contribution >= 0.6 is 0 Å². The van der Waals surface area contributed by atoms with Crippen LogP contribution in [0, 0.1) is 0 Å². The van der Waals surface area contributed by atoms with Gasteiger partial charge in [0.05, 0.1) is 30.8 Å². The Hall–Kier alpha value is -2.14. The van der Waals surface area contributed by atoms with Gasteiger partial charge in [-0.2, -0.15) is 0 Å². The molecule has 0 aliphatic carbocycles. The number of hydrogen-bond acceptors (Lipinski definition) is 5. The SMILES string of the molecule is COc1ccccc1-c1ncc(N2CCC(N)CC2)cn1. The molecule has 2 N–H and O–H groups in total. The summed E-state index contributed by atoms with van der Waals surface area (Å²) in [6.07, 6.45) is 5.81. The molecule has 1 saturated heterocycles. The van der Waals surface area contributed by atoms with E-state index >= 15 is 0 Å². The molecule has 1 fully saturated rings. The molecule has 5 heteroatoms. The standard InChI is InChI=1S/C16H20N4O/c1-21-15-5-3-2-4-14(15)16-18-10-13(11-19-16)20-8-6-12(17)7-9-20/h2-5,10-12H,6-9,17H2,1H3. The first-order chi connectivity index (χ1) is 10.3. The number of aromatic nitrogens is 2. The van der Waals surface area contributed by atoms with Crippen LogP contribution < -0.4 is 15.4 Å². The summed E-state index contributed by atoms with van der Waals surface area (Å²) < 4.78 is 5.35. The number of benzene rings is 1. The Kier molecular flexibility index (Phi) is 4.01. The third-order valence-corrected chi connectivity index (χ3v) is 3.89. The Morgan fingerprint density at radius 3 is 2.48 bits per heavy atom. The van der Waals surface area contributed by atoms with Gasteiger partial charge in [0, 0.05) is 19.1 Å². The van der Waals surface area contributed by atoms with Crippen molar-refractivity contribution in [1.82, 2.24) is 9.97 Å². The van der Waals surface area contributed by atoms with Crippen LogP contribution in [0.1, 0.15) is 12.8 Å². The lowest BCUT2D eigenvalue weighted by molar-refractivity contribution is 0.416. The van der Waals surface area contributed by atoms with Gasteiger partial charge in [-0.15, -0.1) is 0 Å². The number of piperidine rings is 1. The number of nitrogens with zero attached hydrogens (tertiary/aromatic N) is 3. The highest BCUT2D eigenvalue weighted by Crippen LogP contribution is 2.27. The fourth-order valence-electron chi connectivity index (χ4n) is 2.61. The van der Waals surface area contributed by atoms with Crippen LogP contribution in [-0.4, -0.2) is 36.2 Å². The van der Waals surface area contributed by atoms with Crippen molar-refractivity contribution in [3.8, 4) is 17.1 Å². The van der Waals surface area contributed by atoms with Crippen molar-refractivity contribution < 1.29 is 4.74 Å². The minimum Gasteiger partial charge on any atom is -0.496 e. The second-order valence-corrected chi connectivity index (χ2v) is 5.29. The highest BCUT2D eigenvalue weighted by atomic mass is 16.5. The Morgan fingerprint density at radius 1 is 1.14 bits per heavy atom. The maximum atomic E-state index is 5.94. The highest BCUT2D eigenvalue weighted by Gasteiger charge is 2.17. The molecular weight excluding hydrogens is 264 g/mol. The molecule has 5 nitrogen and oxygen atoms in total. The van der Waals surface area contributed by atoms with Crippen molar-refractivity contribution in [3.63, 3.8) is 0 Å². The monoisotopic (exact) mass is 284 g/mol. The molecule has 1 aromatic carbocycles. The third kappa shape index (κ3) is 2.97. The van der Waals surface area contributed by atoms with E-state index in [2.05, 4.69) is 14.9 Å². The first-order valence-corrected chi connectivity index (χ1v) is 7.24. The van der Waals surface area contributed by atoms with Crippen LogP contribution in [0.15, 0.2) is 36.7 Å². The van der Waals surface area contributed by atoms with Crippen LogP contribution in [0.2, 0.25) is 0 Å². The zero-order valence-electron chi connectivity index (χ0n) is 12.2. The fraction of sp³-hybridized carbons (Fsp3) is 0.375. The number of nitrogens with two attached hydrogens (primary N) is 1. The molecule has 2 aromatic rings. The van der Waals surface area contributed by atoms with E-state index in [9.17, 15) is 0 Å². The van der Waals surface area contributed by atoms with E-state index in [-0.39, 0.29) is 0 Å². The average Bonchev–Trinajstić information content (AvgIpc) is 2.56. The number of hydrogen-bond donors (Lipinski definition) is 1. The minimum absolute atomic E-state index is 0.329. The zero-order valence-corrected chi connectivity index (χ0v) is 12.2. The topological polar surface area (TPSA) is 64.3 Å². The number of rotatable bonds is 3. The Labute approximate surface area is 124 Å². The predicted octanol–water partition coefficient (Wildman–Crippen LogP) is 2.08. The second kappa shape index (κ2) is 6.10. The van der Waals surface area contributed by atoms with E-state index < -0.39 is 0 Å². The lowest BCUT2D eigenvalue weighted by Gasteiger charge is -2.31. The van der Waals surface area contributed by atoms with Crippen LogP contribution in [0.5, 0.6) is 5.75 Å². The number of ether oxygens (including phenoxy) is 1. The summed E-state index contributed by atoms with van der Waals surface area (Å²) in [5, 5.41) is 0. The number of methoxy groups -OCH3 is 1. The van der Waals surface area contributed by atoms with Crippen molar-refractivity contribution in [1.29, 1.82) is 0 Å². The van der Waals surface area contributed by atoms with Gasteiger partial charge >= 0.3 is 0 Å². The number of anilines is 1. The molecule has 0 radical (unpaired) electrons. The molecular formula is C16H20N4O.